The lowest BCUT2D eigenvalue weighted by Crippen LogP contribution is -2.34. The van der Waals surface area contributed by atoms with Crippen LogP contribution < -0.4 is 10.6 Å². The van der Waals surface area contributed by atoms with E-state index in [2.05, 4.69) is 10.6 Å². The number of hydrogen-bond donors (Lipinski definition) is 2. The van der Waals surface area contributed by atoms with Crippen molar-refractivity contribution in [3.05, 3.63) is 71.8 Å². The van der Waals surface area contributed by atoms with Crippen molar-refractivity contribution in [3.8, 4) is 0 Å². The quantitative estimate of drug-likeness (QED) is 0.393. The van der Waals surface area contributed by atoms with Crippen LogP contribution in [0.3, 0.4) is 0 Å². The maximum atomic E-state index is 12.1. The summed E-state index contributed by atoms with van der Waals surface area (Å²) in [5.74, 6) is -0.0277. The monoisotopic (exact) mass is 384 g/mol. The van der Waals surface area contributed by atoms with E-state index in [0.29, 0.717) is 34.2 Å². The van der Waals surface area contributed by atoms with Gasteiger partial charge in [-0.05, 0) is 0 Å². The van der Waals surface area contributed by atoms with Gasteiger partial charge in [0.1, 0.15) is 0 Å². The van der Waals surface area contributed by atoms with Crippen LogP contribution in [0.1, 0.15) is 33.6 Å². The Balaban J connectivity index is 1.63. The molecular weight excluding hydrogens is 364 g/mol. The van der Waals surface area contributed by atoms with Gasteiger partial charge in [0.2, 0.25) is 0 Å². The first kappa shape index (κ1) is 19.9. The minimum Gasteiger partial charge on any atom is -0.378 e. The third-order valence-electron chi connectivity index (χ3n) is 3.60. The van der Waals surface area contributed by atoms with E-state index in [-0.39, 0.29) is 24.4 Å². The molecule has 2 rings (SSSR count). The molecule has 0 amide bonds. The third kappa shape index (κ3) is 6.82. The molecule has 2 aromatic carbocycles. The van der Waals surface area contributed by atoms with Gasteiger partial charge in [0.05, 0.1) is 22.8 Å². The van der Waals surface area contributed by atoms with Crippen LogP contribution in [0.5, 0.6) is 0 Å². The summed E-state index contributed by atoms with van der Waals surface area (Å²) in [6.07, 6.45) is 0.354. The van der Waals surface area contributed by atoms with Crippen molar-refractivity contribution in [2.75, 3.05) is 13.1 Å². The fraction of sp³-hybridized carbons (Fsp3) is 0.200. The first-order valence-electron chi connectivity index (χ1n) is 8.26. The molecule has 26 heavy (non-hydrogen) atoms. The van der Waals surface area contributed by atoms with Crippen molar-refractivity contribution in [1.82, 2.24) is 10.6 Å². The summed E-state index contributed by atoms with van der Waals surface area (Å²) in [4.78, 5) is 25.1. The van der Waals surface area contributed by atoms with Crippen molar-refractivity contribution < 1.29 is 9.59 Å². The molecule has 0 bridgehead atoms. The molecule has 0 aliphatic carbocycles. The molecule has 4 nitrogen and oxygen atoms in total. The maximum Gasteiger partial charge on any atom is 0.169 e. The van der Waals surface area contributed by atoms with Crippen molar-refractivity contribution in [3.63, 3.8) is 0 Å². The van der Waals surface area contributed by atoms with Gasteiger partial charge in [0, 0.05) is 24.2 Å². The minimum atomic E-state index is -0.0139. The molecular formula is C20H20N2O2S2. The zero-order valence-electron chi connectivity index (χ0n) is 14.2. The Bertz CT molecular complexity index is 709. The van der Waals surface area contributed by atoms with Gasteiger partial charge in [0.25, 0.3) is 0 Å². The molecule has 0 saturated heterocycles. The number of benzene rings is 2. The highest BCUT2D eigenvalue weighted by molar-refractivity contribution is 7.80. The van der Waals surface area contributed by atoms with Crippen molar-refractivity contribution >= 4 is 46.0 Å². The molecule has 6 heteroatoms. The van der Waals surface area contributed by atoms with E-state index in [0.717, 1.165) is 0 Å². The van der Waals surface area contributed by atoms with Crippen molar-refractivity contribution in [1.29, 1.82) is 0 Å². The van der Waals surface area contributed by atoms with E-state index in [1.807, 2.05) is 36.4 Å². The van der Waals surface area contributed by atoms with Crippen LogP contribution in [-0.4, -0.2) is 34.6 Å². The lowest BCUT2D eigenvalue weighted by Gasteiger charge is -2.10. The topological polar surface area (TPSA) is 58.2 Å². The van der Waals surface area contributed by atoms with Crippen LogP contribution in [-0.2, 0) is 0 Å². The number of carbonyl (C=O) groups excluding carboxylic acids is 2. The zero-order valence-corrected chi connectivity index (χ0v) is 15.9. The SMILES string of the molecule is O=C(CC(=S)NCCNC(=S)CC(=O)c1ccccc1)c1ccccc1. The molecule has 0 aromatic heterocycles. The van der Waals surface area contributed by atoms with Gasteiger partial charge in [-0.2, -0.15) is 0 Å². The molecule has 2 N–H and O–H groups in total. The first-order chi connectivity index (χ1) is 12.6. The van der Waals surface area contributed by atoms with E-state index in [9.17, 15) is 9.59 Å². The van der Waals surface area contributed by atoms with Gasteiger partial charge >= 0.3 is 0 Å². The average molecular weight is 385 g/mol. The summed E-state index contributed by atoms with van der Waals surface area (Å²) in [6, 6.07) is 18.1. The number of ketones is 2. The molecule has 0 saturated carbocycles. The standard InChI is InChI=1S/C20H20N2O2S2/c23-17(15-7-3-1-4-8-15)13-19(25)21-11-12-22-20(26)14-18(24)16-9-5-2-6-10-16/h1-10H,11-14H2,(H,21,25)(H,22,26). The largest absolute Gasteiger partial charge is 0.378 e. The Morgan fingerprint density at radius 2 is 1.00 bits per heavy atom. The molecule has 2 aromatic rings. The number of rotatable bonds is 9. The Hall–Kier alpha value is -2.44. The van der Waals surface area contributed by atoms with Gasteiger partial charge in [-0.3, -0.25) is 9.59 Å². The summed E-state index contributed by atoms with van der Waals surface area (Å²) < 4.78 is 0. The molecule has 0 aliphatic heterocycles. The Labute approximate surface area is 164 Å². The lowest BCUT2D eigenvalue weighted by atomic mass is 10.1. The number of carbonyl (C=O) groups is 2. The van der Waals surface area contributed by atoms with E-state index < -0.39 is 0 Å². The second-order valence-corrected chi connectivity index (χ2v) is 6.62. The smallest absolute Gasteiger partial charge is 0.169 e. The third-order valence-corrected chi connectivity index (χ3v) is 4.18. The molecule has 0 spiro atoms. The van der Waals surface area contributed by atoms with Gasteiger partial charge in [-0.25, -0.2) is 0 Å². The second-order valence-electron chi connectivity index (χ2n) is 5.63. The zero-order chi connectivity index (χ0) is 18.8. The molecule has 0 atom stereocenters. The van der Waals surface area contributed by atoms with Crippen LogP contribution in [0.4, 0.5) is 0 Å². The van der Waals surface area contributed by atoms with E-state index >= 15 is 0 Å². The van der Waals surface area contributed by atoms with Gasteiger partial charge in [-0.1, -0.05) is 85.1 Å². The highest BCUT2D eigenvalue weighted by atomic mass is 32.1. The molecule has 0 fully saturated rings. The van der Waals surface area contributed by atoms with Crippen LogP contribution >= 0.6 is 24.4 Å². The maximum absolute atomic E-state index is 12.1. The van der Waals surface area contributed by atoms with Gasteiger partial charge < -0.3 is 10.6 Å². The fourth-order valence-electron chi connectivity index (χ4n) is 2.27. The summed E-state index contributed by atoms with van der Waals surface area (Å²) >= 11 is 10.4. The number of nitrogens with one attached hydrogen (secondary N) is 2. The Morgan fingerprint density at radius 1 is 0.654 bits per heavy atom. The molecule has 0 radical (unpaired) electrons. The van der Waals surface area contributed by atoms with Crippen molar-refractivity contribution in [2.24, 2.45) is 0 Å². The predicted octanol–water partition coefficient (Wildman–Crippen LogP) is 3.37. The number of Topliss-reactive ketones (excluding diaryl/α,β-unsaturated/α-hetero) is 2. The van der Waals surface area contributed by atoms with Crippen LogP contribution in [0.25, 0.3) is 0 Å². The van der Waals surface area contributed by atoms with E-state index in [1.165, 1.54) is 0 Å². The van der Waals surface area contributed by atoms with Crippen LogP contribution in [0.2, 0.25) is 0 Å². The minimum absolute atomic E-state index is 0.0139. The lowest BCUT2D eigenvalue weighted by molar-refractivity contribution is 0.0992. The summed E-state index contributed by atoms with van der Waals surface area (Å²) in [6.45, 7) is 1.06. The van der Waals surface area contributed by atoms with Crippen LogP contribution in [0.15, 0.2) is 60.7 Å². The second kappa shape index (κ2) is 10.5. The normalized spacial score (nSPS) is 10.0. The fourth-order valence-corrected chi connectivity index (χ4v) is 2.74. The Kier molecular flexibility index (Phi) is 8.05. The average Bonchev–Trinajstić information content (AvgIpc) is 2.66. The molecule has 0 unspecified atom stereocenters. The summed E-state index contributed by atoms with van der Waals surface area (Å²) in [5, 5.41) is 6.05. The molecule has 0 aliphatic rings. The van der Waals surface area contributed by atoms with Crippen molar-refractivity contribution in [2.45, 2.75) is 12.8 Å². The highest BCUT2D eigenvalue weighted by Gasteiger charge is 2.09. The van der Waals surface area contributed by atoms with E-state index in [4.69, 9.17) is 24.4 Å². The summed E-state index contributed by atoms with van der Waals surface area (Å²) in [5.41, 5.74) is 1.30. The predicted molar refractivity (Wildman–Crippen MR) is 112 cm³/mol. The van der Waals surface area contributed by atoms with Gasteiger partial charge in [0.15, 0.2) is 11.6 Å². The number of thiocarbonyl (C=S) groups is 2. The first-order valence-corrected chi connectivity index (χ1v) is 9.08. The van der Waals surface area contributed by atoms with Crippen LogP contribution in [0, 0.1) is 0 Å². The molecule has 0 heterocycles. The number of hydrogen-bond acceptors (Lipinski definition) is 4. The molecule has 134 valence electrons. The van der Waals surface area contributed by atoms with Gasteiger partial charge in [-0.15, -0.1) is 0 Å². The summed E-state index contributed by atoms with van der Waals surface area (Å²) in [7, 11) is 0. The van der Waals surface area contributed by atoms with E-state index in [1.54, 1.807) is 24.3 Å². The highest BCUT2D eigenvalue weighted by Crippen LogP contribution is 2.04. The Morgan fingerprint density at radius 3 is 1.35 bits per heavy atom.